The first-order chi connectivity index (χ1) is 8.38. The van der Waals surface area contributed by atoms with E-state index in [4.69, 9.17) is 4.52 Å². The van der Waals surface area contributed by atoms with Crippen molar-refractivity contribution in [2.45, 2.75) is 26.8 Å². The van der Waals surface area contributed by atoms with E-state index in [0.717, 1.165) is 5.82 Å². The van der Waals surface area contributed by atoms with Crippen LogP contribution in [0.1, 0.15) is 31.1 Å². The summed E-state index contributed by atoms with van der Waals surface area (Å²) < 4.78 is 5.05. The summed E-state index contributed by atoms with van der Waals surface area (Å²) in [6.07, 6.45) is 0.716. The van der Waals surface area contributed by atoms with Gasteiger partial charge in [0.05, 0.1) is 6.54 Å². The number of aromatic nitrogens is 2. The Balaban J connectivity index is 0.000000686. The highest BCUT2D eigenvalue weighted by molar-refractivity contribution is 5.18. The maximum atomic E-state index is 5.05. The maximum Gasteiger partial charge on any atom is 0.240 e. The first-order valence-corrected chi connectivity index (χ1v) is 5.88. The average molecular weight is 233 g/mol. The summed E-state index contributed by atoms with van der Waals surface area (Å²) >= 11 is 0. The molecule has 0 amide bonds. The highest BCUT2D eigenvalue weighted by Gasteiger charge is 2.05. The fraction of sp³-hybridized carbons (Fsp3) is 0.385. The van der Waals surface area contributed by atoms with Gasteiger partial charge in [-0.2, -0.15) is 4.98 Å². The zero-order valence-corrected chi connectivity index (χ0v) is 10.6. The molecule has 1 aromatic heterocycles. The lowest BCUT2D eigenvalue weighted by atomic mass is 10.1. The molecule has 1 aromatic carbocycles. The van der Waals surface area contributed by atoms with Gasteiger partial charge in [-0.05, 0) is 12.6 Å². The van der Waals surface area contributed by atoms with Crippen molar-refractivity contribution < 1.29 is 4.52 Å². The maximum absolute atomic E-state index is 5.05. The molecule has 1 heterocycles. The van der Waals surface area contributed by atoms with E-state index >= 15 is 0 Å². The molecule has 0 fully saturated rings. The average Bonchev–Trinajstić information content (AvgIpc) is 2.81. The second kappa shape index (κ2) is 7.57. The third-order valence-corrected chi connectivity index (χ3v) is 2.04. The lowest BCUT2D eigenvalue weighted by Gasteiger charge is -1.93. The van der Waals surface area contributed by atoms with Gasteiger partial charge in [0.25, 0.3) is 0 Å². The van der Waals surface area contributed by atoms with Crippen molar-refractivity contribution >= 4 is 0 Å². The molecule has 4 nitrogen and oxygen atoms in total. The van der Waals surface area contributed by atoms with E-state index in [0.29, 0.717) is 18.9 Å². The van der Waals surface area contributed by atoms with Gasteiger partial charge >= 0.3 is 0 Å². The Bertz CT molecular complexity index is 412. The summed E-state index contributed by atoms with van der Waals surface area (Å²) in [6, 6.07) is 10.1. The summed E-state index contributed by atoms with van der Waals surface area (Å²) in [7, 11) is 1.85. The zero-order valence-electron chi connectivity index (χ0n) is 10.6. The standard InChI is InChI=1S/C11H13N3O.C2H6/c1-12-8-11-13-10(14-15-11)7-9-5-3-2-4-6-9;1-2/h2-6,12H,7-8H2,1H3;1-2H3. The molecule has 0 aliphatic rings. The predicted molar refractivity (Wildman–Crippen MR) is 67.7 cm³/mol. The van der Waals surface area contributed by atoms with Crippen LogP contribution in [0.25, 0.3) is 0 Å². The van der Waals surface area contributed by atoms with Crippen molar-refractivity contribution in [2.24, 2.45) is 0 Å². The molecular formula is C13H19N3O. The molecule has 1 N–H and O–H groups in total. The van der Waals surface area contributed by atoms with Crippen LogP contribution < -0.4 is 5.32 Å². The third-order valence-electron chi connectivity index (χ3n) is 2.04. The fourth-order valence-corrected chi connectivity index (χ4v) is 1.36. The third kappa shape index (κ3) is 4.36. The molecule has 17 heavy (non-hydrogen) atoms. The molecular weight excluding hydrogens is 214 g/mol. The van der Waals surface area contributed by atoms with Gasteiger partial charge in [0.15, 0.2) is 5.82 Å². The van der Waals surface area contributed by atoms with Gasteiger partial charge in [-0.1, -0.05) is 49.3 Å². The van der Waals surface area contributed by atoms with Crippen LogP contribution in [0.5, 0.6) is 0 Å². The summed E-state index contributed by atoms with van der Waals surface area (Å²) in [5.74, 6) is 1.36. The molecule has 0 spiro atoms. The Morgan fingerprint density at radius 3 is 2.53 bits per heavy atom. The Kier molecular flexibility index (Phi) is 5.96. The first-order valence-electron chi connectivity index (χ1n) is 5.88. The van der Waals surface area contributed by atoms with Crippen molar-refractivity contribution in [3.63, 3.8) is 0 Å². The summed E-state index contributed by atoms with van der Waals surface area (Å²) in [6.45, 7) is 4.61. The van der Waals surface area contributed by atoms with E-state index in [-0.39, 0.29) is 0 Å². The molecule has 92 valence electrons. The second-order valence-electron chi connectivity index (χ2n) is 3.30. The largest absolute Gasteiger partial charge is 0.338 e. The summed E-state index contributed by atoms with van der Waals surface area (Å²) in [5.41, 5.74) is 1.19. The Hall–Kier alpha value is -1.68. The number of hydrogen-bond donors (Lipinski definition) is 1. The van der Waals surface area contributed by atoms with Gasteiger partial charge in [0.2, 0.25) is 5.89 Å². The van der Waals surface area contributed by atoms with Gasteiger partial charge in [0, 0.05) is 6.42 Å². The van der Waals surface area contributed by atoms with Crippen molar-refractivity contribution in [3.8, 4) is 0 Å². The number of hydrogen-bond acceptors (Lipinski definition) is 4. The minimum Gasteiger partial charge on any atom is -0.338 e. The Morgan fingerprint density at radius 2 is 1.88 bits per heavy atom. The van der Waals surface area contributed by atoms with Crippen molar-refractivity contribution in [3.05, 3.63) is 47.6 Å². The lowest BCUT2D eigenvalue weighted by molar-refractivity contribution is 0.367. The monoisotopic (exact) mass is 233 g/mol. The van der Waals surface area contributed by atoms with Gasteiger partial charge in [-0.15, -0.1) is 0 Å². The molecule has 0 unspecified atom stereocenters. The molecule has 0 aliphatic carbocycles. The summed E-state index contributed by atoms with van der Waals surface area (Å²) in [5, 5.41) is 6.87. The van der Waals surface area contributed by atoms with E-state index in [1.807, 2.05) is 51.2 Å². The second-order valence-corrected chi connectivity index (χ2v) is 3.30. The van der Waals surface area contributed by atoms with Crippen molar-refractivity contribution in [1.82, 2.24) is 15.5 Å². The number of nitrogens with one attached hydrogen (secondary N) is 1. The van der Waals surface area contributed by atoms with E-state index < -0.39 is 0 Å². The predicted octanol–water partition coefficient (Wildman–Crippen LogP) is 2.41. The van der Waals surface area contributed by atoms with Crippen molar-refractivity contribution in [1.29, 1.82) is 0 Å². The van der Waals surface area contributed by atoms with E-state index in [2.05, 4.69) is 15.5 Å². The zero-order chi connectivity index (χ0) is 12.5. The van der Waals surface area contributed by atoms with Crippen LogP contribution in [0.15, 0.2) is 34.9 Å². The molecule has 4 heteroatoms. The molecule has 0 atom stereocenters. The quantitative estimate of drug-likeness (QED) is 0.881. The molecule has 0 saturated heterocycles. The van der Waals surface area contributed by atoms with Crippen LogP contribution in [-0.2, 0) is 13.0 Å². The minimum absolute atomic E-state index is 0.613. The van der Waals surface area contributed by atoms with Crippen LogP contribution in [0.2, 0.25) is 0 Å². The van der Waals surface area contributed by atoms with Gasteiger partial charge in [-0.25, -0.2) is 0 Å². The first kappa shape index (κ1) is 13.4. The number of nitrogens with zero attached hydrogens (tertiary/aromatic N) is 2. The normalized spacial score (nSPS) is 9.59. The van der Waals surface area contributed by atoms with E-state index in [1.54, 1.807) is 0 Å². The van der Waals surface area contributed by atoms with Crippen LogP contribution in [0.4, 0.5) is 0 Å². The van der Waals surface area contributed by atoms with Crippen LogP contribution in [0, 0.1) is 0 Å². The lowest BCUT2D eigenvalue weighted by Crippen LogP contribution is -2.05. The van der Waals surface area contributed by atoms with Crippen LogP contribution >= 0.6 is 0 Å². The number of rotatable bonds is 4. The van der Waals surface area contributed by atoms with Crippen LogP contribution in [0.3, 0.4) is 0 Å². The van der Waals surface area contributed by atoms with Crippen molar-refractivity contribution in [2.75, 3.05) is 7.05 Å². The van der Waals surface area contributed by atoms with Gasteiger partial charge in [0.1, 0.15) is 0 Å². The van der Waals surface area contributed by atoms with Gasteiger partial charge in [-0.3, -0.25) is 0 Å². The molecule has 2 rings (SSSR count). The highest BCUT2D eigenvalue weighted by Crippen LogP contribution is 2.06. The number of benzene rings is 1. The molecule has 0 bridgehead atoms. The highest BCUT2D eigenvalue weighted by atomic mass is 16.5. The topological polar surface area (TPSA) is 51.0 Å². The minimum atomic E-state index is 0.613. The molecule has 0 aliphatic heterocycles. The van der Waals surface area contributed by atoms with E-state index in [1.165, 1.54) is 5.56 Å². The smallest absolute Gasteiger partial charge is 0.240 e. The van der Waals surface area contributed by atoms with Crippen LogP contribution in [-0.4, -0.2) is 17.2 Å². The van der Waals surface area contributed by atoms with Gasteiger partial charge < -0.3 is 9.84 Å². The Labute approximate surface area is 102 Å². The summed E-state index contributed by atoms with van der Waals surface area (Å²) in [4.78, 5) is 4.25. The van der Waals surface area contributed by atoms with E-state index in [9.17, 15) is 0 Å². The SMILES string of the molecule is CC.CNCc1nc(Cc2ccccc2)no1. The molecule has 0 radical (unpaired) electrons. The molecule has 2 aromatic rings. The fourth-order valence-electron chi connectivity index (χ4n) is 1.36. The molecule has 0 saturated carbocycles. The Morgan fingerprint density at radius 1 is 1.18 bits per heavy atom.